The van der Waals surface area contributed by atoms with Crippen LogP contribution in [0.2, 0.25) is 0 Å². The van der Waals surface area contributed by atoms with Gasteiger partial charge in [0, 0.05) is 16.6 Å². The molecule has 0 spiro atoms. The summed E-state index contributed by atoms with van der Waals surface area (Å²) in [7, 11) is 2.12. The molecule has 1 unspecified atom stereocenters. The standard InChI is InChI=1S/C13H18BrN3O2/c1-16-7-2-3-11(6-8-16)15-12-5-4-10(14)9-13(12)17(18)19/h4-5,9,11,15H,2-3,6-8H2,1H3. The zero-order valence-electron chi connectivity index (χ0n) is 10.9. The monoisotopic (exact) mass is 327 g/mol. The van der Waals surface area contributed by atoms with E-state index < -0.39 is 0 Å². The highest BCUT2D eigenvalue weighted by Crippen LogP contribution is 2.29. The highest BCUT2D eigenvalue weighted by molar-refractivity contribution is 9.10. The molecule has 1 saturated heterocycles. The third-order valence-electron chi connectivity index (χ3n) is 3.47. The second kappa shape index (κ2) is 6.34. The number of rotatable bonds is 3. The van der Waals surface area contributed by atoms with Crippen molar-refractivity contribution in [2.24, 2.45) is 0 Å². The van der Waals surface area contributed by atoms with Crippen LogP contribution in [0.25, 0.3) is 0 Å². The molecule has 2 rings (SSSR count). The fraction of sp³-hybridized carbons (Fsp3) is 0.538. The lowest BCUT2D eigenvalue weighted by atomic mass is 10.1. The van der Waals surface area contributed by atoms with Gasteiger partial charge < -0.3 is 10.2 Å². The maximum absolute atomic E-state index is 11.1. The summed E-state index contributed by atoms with van der Waals surface area (Å²) in [6.07, 6.45) is 3.19. The Balaban J connectivity index is 2.12. The SMILES string of the molecule is CN1CCCC(Nc2ccc(Br)cc2[N+](=O)[O-])CC1. The molecule has 0 aromatic heterocycles. The van der Waals surface area contributed by atoms with Gasteiger partial charge in [-0.1, -0.05) is 15.9 Å². The topological polar surface area (TPSA) is 58.4 Å². The first-order chi connectivity index (χ1) is 9.06. The molecule has 1 heterocycles. The predicted molar refractivity (Wildman–Crippen MR) is 79.6 cm³/mol. The van der Waals surface area contributed by atoms with Crippen molar-refractivity contribution in [2.75, 3.05) is 25.5 Å². The van der Waals surface area contributed by atoms with Crippen molar-refractivity contribution in [3.63, 3.8) is 0 Å². The van der Waals surface area contributed by atoms with Crippen LogP contribution in [0.1, 0.15) is 19.3 Å². The number of nitrogens with one attached hydrogen (secondary N) is 1. The van der Waals surface area contributed by atoms with E-state index in [1.807, 2.05) is 6.07 Å². The Morgan fingerprint density at radius 3 is 2.95 bits per heavy atom. The molecule has 104 valence electrons. The van der Waals surface area contributed by atoms with Gasteiger partial charge in [0.05, 0.1) is 4.92 Å². The third kappa shape index (κ3) is 3.91. The molecule has 1 aliphatic heterocycles. The fourth-order valence-corrected chi connectivity index (χ4v) is 2.73. The van der Waals surface area contributed by atoms with Crippen LogP contribution in [0.5, 0.6) is 0 Å². The molecular weight excluding hydrogens is 310 g/mol. The number of nitro benzene ring substituents is 1. The smallest absolute Gasteiger partial charge is 0.293 e. The van der Waals surface area contributed by atoms with Crippen LogP contribution in [0.15, 0.2) is 22.7 Å². The number of nitro groups is 1. The molecule has 1 aliphatic rings. The summed E-state index contributed by atoms with van der Waals surface area (Å²) >= 11 is 3.27. The minimum atomic E-state index is -0.337. The first-order valence-electron chi connectivity index (χ1n) is 6.45. The highest BCUT2D eigenvalue weighted by atomic mass is 79.9. The van der Waals surface area contributed by atoms with E-state index in [1.54, 1.807) is 12.1 Å². The van der Waals surface area contributed by atoms with Crippen LogP contribution in [0, 0.1) is 10.1 Å². The summed E-state index contributed by atoms with van der Waals surface area (Å²) in [5.74, 6) is 0. The average Bonchev–Trinajstić information content (AvgIpc) is 2.56. The molecule has 1 atom stereocenters. The molecule has 0 amide bonds. The molecule has 1 aromatic rings. The maximum Gasteiger partial charge on any atom is 0.293 e. The summed E-state index contributed by atoms with van der Waals surface area (Å²) in [5, 5.41) is 14.4. The van der Waals surface area contributed by atoms with E-state index in [1.165, 1.54) is 0 Å². The van der Waals surface area contributed by atoms with Crippen molar-refractivity contribution < 1.29 is 4.92 Å². The van der Waals surface area contributed by atoms with Gasteiger partial charge in [-0.15, -0.1) is 0 Å². The van der Waals surface area contributed by atoms with Crippen molar-refractivity contribution in [1.82, 2.24) is 4.90 Å². The third-order valence-corrected chi connectivity index (χ3v) is 3.96. The second-order valence-corrected chi connectivity index (χ2v) is 5.91. The van der Waals surface area contributed by atoms with Crippen molar-refractivity contribution >= 4 is 27.3 Å². The summed E-state index contributed by atoms with van der Waals surface area (Å²) in [5.41, 5.74) is 0.745. The van der Waals surface area contributed by atoms with E-state index in [9.17, 15) is 10.1 Å². The summed E-state index contributed by atoms with van der Waals surface area (Å²) in [6, 6.07) is 5.46. The van der Waals surface area contributed by atoms with Crippen LogP contribution in [-0.4, -0.2) is 36.0 Å². The lowest BCUT2D eigenvalue weighted by Gasteiger charge is -2.18. The van der Waals surface area contributed by atoms with Gasteiger partial charge in [-0.05, 0) is 51.5 Å². The van der Waals surface area contributed by atoms with Crippen LogP contribution >= 0.6 is 15.9 Å². The van der Waals surface area contributed by atoms with Crippen molar-refractivity contribution in [2.45, 2.75) is 25.3 Å². The minimum Gasteiger partial charge on any atom is -0.377 e. The predicted octanol–water partition coefficient (Wildman–Crippen LogP) is 3.25. The zero-order valence-corrected chi connectivity index (χ0v) is 12.5. The van der Waals surface area contributed by atoms with Crippen molar-refractivity contribution in [3.8, 4) is 0 Å². The van der Waals surface area contributed by atoms with Crippen LogP contribution in [0.3, 0.4) is 0 Å². The van der Waals surface area contributed by atoms with E-state index >= 15 is 0 Å². The van der Waals surface area contributed by atoms with Gasteiger partial charge in [0.25, 0.3) is 5.69 Å². The number of nitrogens with zero attached hydrogens (tertiary/aromatic N) is 2. The lowest BCUT2D eigenvalue weighted by Crippen LogP contribution is -2.23. The molecule has 0 aliphatic carbocycles. The van der Waals surface area contributed by atoms with Gasteiger partial charge in [0.15, 0.2) is 0 Å². The van der Waals surface area contributed by atoms with Crippen LogP contribution < -0.4 is 5.32 Å². The Morgan fingerprint density at radius 2 is 2.21 bits per heavy atom. The number of benzene rings is 1. The van der Waals surface area contributed by atoms with E-state index in [-0.39, 0.29) is 10.6 Å². The molecule has 1 aromatic carbocycles. The van der Waals surface area contributed by atoms with Gasteiger partial charge in [-0.25, -0.2) is 0 Å². The zero-order chi connectivity index (χ0) is 13.8. The largest absolute Gasteiger partial charge is 0.377 e. The van der Waals surface area contributed by atoms with E-state index in [4.69, 9.17) is 0 Å². The Labute approximate surface area is 121 Å². The maximum atomic E-state index is 11.1. The number of hydrogen-bond acceptors (Lipinski definition) is 4. The van der Waals surface area contributed by atoms with Gasteiger partial charge in [-0.2, -0.15) is 0 Å². The first-order valence-corrected chi connectivity index (χ1v) is 7.24. The van der Waals surface area contributed by atoms with Crippen LogP contribution in [-0.2, 0) is 0 Å². The Bertz CT molecular complexity index is 467. The van der Waals surface area contributed by atoms with Gasteiger partial charge in [0.2, 0.25) is 0 Å². The molecule has 19 heavy (non-hydrogen) atoms. The lowest BCUT2D eigenvalue weighted by molar-refractivity contribution is -0.384. The summed E-state index contributed by atoms with van der Waals surface area (Å²) in [6.45, 7) is 2.13. The summed E-state index contributed by atoms with van der Waals surface area (Å²) < 4.78 is 0.727. The molecule has 0 saturated carbocycles. The van der Waals surface area contributed by atoms with Crippen LogP contribution in [0.4, 0.5) is 11.4 Å². The molecule has 5 nitrogen and oxygen atoms in total. The Morgan fingerprint density at radius 1 is 1.42 bits per heavy atom. The molecule has 0 bridgehead atoms. The Hall–Kier alpha value is -1.14. The molecule has 1 fully saturated rings. The number of anilines is 1. The Kier molecular flexibility index (Phi) is 4.76. The first kappa shape index (κ1) is 14.3. The molecule has 1 N–H and O–H groups in total. The number of halogens is 1. The van der Waals surface area contributed by atoms with Crippen molar-refractivity contribution in [1.29, 1.82) is 0 Å². The number of hydrogen-bond donors (Lipinski definition) is 1. The van der Waals surface area contributed by atoms with Gasteiger partial charge in [-0.3, -0.25) is 10.1 Å². The van der Waals surface area contributed by atoms with Crippen molar-refractivity contribution in [3.05, 3.63) is 32.8 Å². The highest BCUT2D eigenvalue weighted by Gasteiger charge is 2.19. The quantitative estimate of drug-likeness (QED) is 0.683. The minimum absolute atomic E-state index is 0.131. The van der Waals surface area contributed by atoms with E-state index in [0.29, 0.717) is 11.7 Å². The van der Waals surface area contributed by atoms with Gasteiger partial charge >= 0.3 is 0 Å². The molecular formula is C13H18BrN3O2. The second-order valence-electron chi connectivity index (χ2n) is 4.99. The molecule has 0 radical (unpaired) electrons. The average molecular weight is 328 g/mol. The fourth-order valence-electron chi connectivity index (χ4n) is 2.38. The number of likely N-dealkylation sites (tertiary alicyclic amines) is 1. The molecule has 6 heteroatoms. The van der Waals surface area contributed by atoms with Gasteiger partial charge in [0.1, 0.15) is 5.69 Å². The summed E-state index contributed by atoms with van der Waals surface area (Å²) in [4.78, 5) is 13.0. The van der Waals surface area contributed by atoms with E-state index in [0.717, 1.165) is 36.8 Å². The normalized spacial score (nSPS) is 20.8. The van der Waals surface area contributed by atoms with E-state index in [2.05, 4.69) is 33.2 Å².